The second-order valence-electron chi connectivity index (χ2n) is 6.84. The first-order valence-corrected chi connectivity index (χ1v) is 10.2. The van der Waals surface area contributed by atoms with Crippen molar-refractivity contribution in [1.29, 1.82) is 0 Å². The van der Waals surface area contributed by atoms with E-state index in [4.69, 9.17) is 5.73 Å². The van der Waals surface area contributed by atoms with Crippen molar-refractivity contribution in [2.24, 2.45) is 0 Å². The molecule has 3 N–H and O–H groups in total. The normalized spacial score (nSPS) is 10.8. The highest BCUT2D eigenvalue weighted by Gasteiger charge is 2.13. The zero-order chi connectivity index (χ0) is 20.2. The number of carbonyl (C=O) groups excluding carboxylic acids is 1. The number of benzene rings is 2. The molecule has 2 aromatic carbocycles. The third kappa shape index (κ3) is 4.52. The quantitative estimate of drug-likeness (QED) is 0.468. The summed E-state index contributed by atoms with van der Waals surface area (Å²) in [6.07, 6.45) is 2.48. The minimum atomic E-state index is -0.332. The molecule has 2 heterocycles. The molecule has 0 aliphatic rings. The van der Waals surface area contributed by atoms with E-state index in [-0.39, 0.29) is 11.6 Å². The lowest BCUT2D eigenvalue weighted by Gasteiger charge is -2.08. The molecule has 0 bridgehead atoms. The van der Waals surface area contributed by atoms with E-state index >= 15 is 0 Å². The summed E-state index contributed by atoms with van der Waals surface area (Å²) in [6, 6.07) is 18.0. The van der Waals surface area contributed by atoms with Crippen LogP contribution in [0, 0.1) is 6.92 Å². The van der Waals surface area contributed by atoms with Gasteiger partial charge in [-0.05, 0) is 48.1 Å². The molecule has 4 aromatic rings. The van der Waals surface area contributed by atoms with Gasteiger partial charge in [-0.15, -0.1) is 16.4 Å². The largest absolute Gasteiger partial charge is 0.397 e. The van der Waals surface area contributed by atoms with Gasteiger partial charge in [0.1, 0.15) is 0 Å². The van der Waals surface area contributed by atoms with Crippen molar-refractivity contribution in [3.05, 3.63) is 83.0 Å². The summed E-state index contributed by atoms with van der Waals surface area (Å²) in [7, 11) is 0. The number of nitrogens with zero attached hydrogens (tertiary/aromatic N) is 3. The number of thiophene rings is 1. The summed E-state index contributed by atoms with van der Waals surface area (Å²) in [4.78, 5) is 13.7. The third-order valence-electron chi connectivity index (χ3n) is 4.63. The minimum absolute atomic E-state index is 0.259. The van der Waals surface area contributed by atoms with E-state index < -0.39 is 0 Å². The lowest BCUT2D eigenvalue weighted by atomic mass is 10.1. The average Bonchev–Trinajstić information content (AvgIpc) is 3.41. The number of anilines is 2. The molecule has 29 heavy (non-hydrogen) atoms. The molecule has 0 spiro atoms. The number of nitrogens with one attached hydrogen (secondary N) is 1. The van der Waals surface area contributed by atoms with Gasteiger partial charge in [0, 0.05) is 11.4 Å². The van der Waals surface area contributed by atoms with Crippen molar-refractivity contribution in [1.82, 2.24) is 15.0 Å². The van der Waals surface area contributed by atoms with Gasteiger partial charge in [-0.1, -0.05) is 47.2 Å². The van der Waals surface area contributed by atoms with Gasteiger partial charge in [0.25, 0.3) is 5.91 Å². The van der Waals surface area contributed by atoms with Gasteiger partial charge in [-0.2, -0.15) is 0 Å². The number of amides is 1. The average molecular weight is 404 g/mol. The van der Waals surface area contributed by atoms with Gasteiger partial charge in [-0.3, -0.25) is 9.48 Å². The Balaban J connectivity index is 1.43. The van der Waals surface area contributed by atoms with Crippen molar-refractivity contribution in [2.75, 3.05) is 11.1 Å². The molecule has 0 aliphatic carbocycles. The predicted octanol–water partition coefficient (Wildman–Crippen LogP) is 4.39. The summed E-state index contributed by atoms with van der Waals surface area (Å²) < 4.78 is 1.68. The molecule has 0 atom stereocenters. The summed E-state index contributed by atoms with van der Waals surface area (Å²) in [5, 5.41) is 12.9. The number of rotatable bonds is 6. The summed E-state index contributed by atoms with van der Waals surface area (Å²) in [6.45, 7) is 2.72. The van der Waals surface area contributed by atoms with E-state index in [0.717, 1.165) is 16.9 Å². The third-order valence-corrected chi connectivity index (χ3v) is 5.55. The Morgan fingerprint density at radius 3 is 2.76 bits per heavy atom. The van der Waals surface area contributed by atoms with Crippen LogP contribution in [-0.4, -0.2) is 20.9 Å². The highest BCUT2D eigenvalue weighted by atomic mass is 32.1. The smallest absolute Gasteiger partial charge is 0.277 e. The molecule has 6 nitrogen and oxygen atoms in total. The highest BCUT2D eigenvalue weighted by molar-refractivity contribution is 7.13. The zero-order valence-electron chi connectivity index (χ0n) is 16.0. The van der Waals surface area contributed by atoms with Crippen LogP contribution in [0.25, 0.3) is 10.4 Å². The summed E-state index contributed by atoms with van der Waals surface area (Å²) >= 11 is 1.63. The molecular formula is C22H21N5OS. The molecule has 4 rings (SSSR count). The Morgan fingerprint density at radius 2 is 2.00 bits per heavy atom. The van der Waals surface area contributed by atoms with E-state index in [2.05, 4.69) is 46.8 Å². The molecule has 0 saturated heterocycles. The molecule has 7 heteroatoms. The van der Waals surface area contributed by atoms with Crippen LogP contribution in [0.5, 0.6) is 0 Å². The molecule has 0 saturated carbocycles. The van der Waals surface area contributed by atoms with Crippen LogP contribution in [0.1, 0.15) is 21.6 Å². The Morgan fingerprint density at radius 1 is 1.17 bits per heavy atom. The predicted molar refractivity (Wildman–Crippen MR) is 117 cm³/mol. The maximum Gasteiger partial charge on any atom is 0.277 e. The Bertz CT molecular complexity index is 1120. The lowest BCUT2D eigenvalue weighted by Crippen LogP contribution is -2.13. The SMILES string of the molecule is Cc1ccc(CCn2cc(C(=O)Nc3cc(-c4cccs4)ccc3N)nn2)cc1. The molecular weight excluding hydrogens is 382 g/mol. The van der Waals surface area contributed by atoms with Crippen LogP contribution in [0.4, 0.5) is 11.4 Å². The van der Waals surface area contributed by atoms with Gasteiger partial charge >= 0.3 is 0 Å². The van der Waals surface area contributed by atoms with Crippen LogP contribution < -0.4 is 11.1 Å². The maximum atomic E-state index is 12.6. The molecule has 0 aliphatic heterocycles. The lowest BCUT2D eigenvalue weighted by molar-refractivity contribution is 0.102. The van der Waals surface area contributed by atoms with Gasteiger partial charge in [0.05, 0.1) is 17.6 Å². The number of carbonyl (C=O) groups is 1. The topological polar surface area (TPSA) is 85.8 Å². The van der Waals surface area contributed by atoms with E-state index in [0.29, 0.717) is 17.9 Å². The highest BCUT2D eigenvalue weighted by Crippen LogP contribution is 2.30. The van der Waals surface area contributed by atoms with E-state index in [9.17, 15) is 4.79 Å². The molecule has 0 fully saturated rings. The van der Waals surface area contributed by atoms with Gasteiger partial charge in [-0.25, -0.2) is 0 Å². The van der Waals surface area contributed by atoms with Crippen LogP contribution in [-0.2, 0) is 13.0 Å². The fourth-order valence-corrected chi connectivity index (χ4v) is 3.68. The second-order valence-corrected chi connectivity index (χ2v) is 7.78. The Labute approximate surface area is 173 Å². The number of nitrogens with two attached hydrogens (primary N) is 1. The standard InChI is InChI=1S/C22H21N5OS/c1-15-4-6-16(7-5-15)10-11-27-14-20(25-26-27)22(28)24-19-13-17(8-9-18(19)23)21-3-2-12-29-21/h2-9,12-14H,10-11,23H2,1H3,(H,24,28). The van der Waals surface area contributed by atoms with Crippen LogP contribution in [0.2, 0.25) is 0 Å². The second kappa shape index (κ2) is 8.28. The van der Waals surface area contributed by atoms with Gasteiger partial charge in [0.15, 0.2) is 5.69 Å². The fourth-order valence-electron chi connectivity index (χ4n) is 2.96. The number of aryl methyl sites for hydroxylation is 3. The van der Waals surface area contributed by atoms with E-state index in [1.807, 2.05) is 29.6 Å². The molecule has 0 unspecified atom stereocenters. The fraction of sp³-hybridized carbons (Fsp3) is 0.136. The summed E-state index contributed by atoms with van der Waals surface area (Å²) in [5.41, 5.74) is 10.8. The Hall–Kier alpha value is -3.45. The first-order valence-electron chi connectivity index (χ1n) is 9.29. The van der Waals surface area contributed by atoms with Gasteiger partial charge < -0.3 is 11.1 Å². The number of aromatic nitrogens is 3. The van der Waals surface area contributed by atoms with Crippen LogP contribution in [0.3, 0.4) is 0 Å². The van der Waals surface area contributed by atoms with Gasteiger partial charge in [0.2, 0.25) is 0 Å². The molecule has 0 radical (unpaired) electrons. The van der Waals surface area contributed by atoms with Crippen molar-refractivity contribution >= 4 is 28.6 Å². The Kier molecular flexibility index (Phi) is 5.39. The monoisotopic (exact) mass is 403 g/mol. The van der Waals surface area contributed by atoms with E-state index in [1.165, 1.54) is 11.1 Å². The minimum Gasteiger partial charge on any atom is -0.397 e. The molecule has 2 aromatic heterocycles. The number of hydrogen-bond acceptors (Lipinski definition) is 5. The van der Waals surface area contributed by atoms with Crippen molar-refractivity contribution in [3.8, 4) is 10.4 Å². The molecule has 1 amide bonds. The zero-order valence-corrected chi connectivity index (χ0v) is 16.8. The van der Waals surface area contributed by atoms with E-state index in [1.54, 1.807) is 28.3 Å². The number of nitrogen functional groups attached to an aromatic ring is 1. The van der Waals surface area contributed by atoms with Crippen molar-refractivity contribution in [3.63, 3.8) is 0 Å². The first-order chi connectivity index (χ1) is 14.1. The van der Waals surface area contributed by atoms with Crippen LogP contribution >= 0.6 is 11.3 Å². The van der Waals surface area contributed by atoms with Crippen LogP contribution in [0.15, 0.2) is 66.2 Å². The molecule has 146 valence electrons. The number of hydrogen-bond donors (Lipinski definition) is 2. The summed E-state index contributed by atoms with van der Waals surface area (Å²) in [5.74, 6) is -0.332. The van der Waals surface area contributed by atoms with Crippen molar-refractivity contribution in [2.45, 2.75) is 19.9 Å². The maximum absolute atomic E-state index is 12.6. The van der Waals surface area contributed by atoms with Crippen molar-refractivity contribution < 1.29 is 4.79 Å². The first kappa shape index (κ1) is 18.9.